The van der Waals surface area contributed by atoms with Crippen LogP contribution in [0.1, 0.15) is 13.8 Å². The highest BCUT2D eigenvalue weighted by Gasteiger charge is 2.22. The molecule has 0 aliphatic rings. The van der Waals surface area contributed by atoms with Crippen LogP contribution in [0.3, 0.4) is 0 Å². The van der Waals surface area contributed by atoms with Gasteiger partial charge in [-0.25, -0.2) is 0 Å². The van der Waals surface area contributed by atoms with Crippen molar-refractivity contribution in [2.45, 2.75) is 30.8 Å². The van der Waals surface area contributed by atoms with E-state index in [9.17, 15) is 4.79 Å². The lowest BCUT2D eigenvalue weighted by Crippen LogP contribution is -2.23. The van der Waals surface area contributed by atoms with Crippen molar-refractivity contribution in [3.05, 3.63) is 52.5 Å². The SMILES string of the molecule is CCn1c(SC(C)C(=O)Nc2cccc(Cl)c2Cl)nnc1-c1ccccc1OC. The number of benzene rings is 2. The molecule has 0 radical (unpaired) electrons. The second-order valence-corrected chi connectivity index (χ2v) is 8.19. The zero-order valence-corrected chi connectivity index (χ0v) is 18.5. The molecule has 1 N–H and O–H groups in total. The van der Waals surface area contributed by atoms with Crippen LogP contribution in [0, 0.1) is 0 Å². The molecule has 1 aromatic heterocycles. The van der Waals surface area contributed by atoms with Crippen LogP contribution in [0.5, 0.6) is 5.75 Å². The lowest BCUT2D eigenvalue weighted by Gasteiger charge is -2.14. The van der Waals surface area contributed by atoms with Gasteiger partial charge in [0.15, 0.2) is 11.0 Å². The van der Waals surface area contributed by atoms with Gasteiger partial charge in [-0.1, -0.05) is 53.2 Å². The highest BCUT2D eigenvalue weighted by molar-refractivity contribution is 8.00. The zero-order valence-electron chi connectivity index (χ0n) is 16.1. The van der Waals surface area contributed by atoms with Crippen LogP contribution in [0.4, 0.5) is 5.69 Å². The minimum Gasteiger partial charge on any atom is -0.496 e. The van der Waals surface area contributed by atoms with E-state index in [-0.39, 0.29) is 5.91 Å². The number of methoxy groups -OCH3 is 1. The van der Waals surface area contributed by atoms with Gasteiger partial charge in [-0.2, -0.15) is 0 Å². The van der Waals surface area contributed by atoms with Crippen molar-refractivity contribution in [2.24, 2.45) is 0 Å². The van der Waals surface area contributed by atoms with Gasteiger partial charge in [0.1, 0.15) is 5.75 Å². The average molecular weight is 451 g/mol. The summed E-state index contributed by atoms with van der Waals surface area (Å²) in [5, 5.41) is 12.4. The van der Waals surface area contributed by atoms with Crippen molar-refractivity contribution in [2.75, 3.05) is 12.4 Å². The Labute approximate surface area is 183 Å². The fourth-order valence-corrected chi connectivity index (χ4v) is 4.00. The Hall–Kier alpha value is -2.22. The molecule has 0 saturated heterocycles. The van der Waals surface area contributed by atoms with E-state index in [4.69, 9.17) is 27.9 Å². The van der Waals surface area contributed by atoms with Gasteiger partial charge in [0.2, 0.25) is 5.91 Å². The van der Waals surface area contributed by atoms with Crippen molar-refractivity contribution < 1.29 is 9.53 Å². The number of carbonyl (C=O) groups excluding carboxylic acids is 1. The Morgan fingerprint density at radius 2 is 1.97 bits per heavy atom. The van der Waals surface area contributed by atoms with Gasteiger partial charge < -0.3 is 14.6 Å². The molecule has 1 atom stereocenters. The fourth-order valence-electron chi connectivity index (χ4n) is 2.74. The average Bonchev–Trinajstić information content (AvgIpc) is 3.13. The molecule has 0 saturated carbocycles. The van der Waals surface area contributed by atoms with Gasteiger partial charge in [0, 0.05) is 6.54 Å². The van der Waals surface area contributed by atoms with Crippen LogP contribution in [0.15, 0.2) is 47.6 Å². The maximum atomic E-state index is 12.6. The third-order valence-corrected chi connectivity index (χ3v) is 6.14. The number of nitrogens with one attached hydrogen (secondary N) is 1. The number of amides is 1. The topological polar surface area (TPSA) is 69.0 Å². The molecule has 0 aliphatic heterocycles. The van der Waals surface area contributed by atoms with E-state index in [1.54, 1.807) is 32.2 Å². The van der Waals surface area contributed by atoms with Crippen LogP contribution in [-0.2, 0) is 11.3 Å². The highest BCUT2D eigenvalue weighted by atomic mass is 35.5. The lowest BCUT2D eigenvalue weighted by atomic mass is 10.2. The van der Waals surface area contributed by atoms with E-state index in [1.165, 1.54) is 11.8 Å². The molecule has 0 aliphatic carbocycles. The van der Waals surface area contributed by atoms with Gasteiger partial charge >= 0.3 is 0 Å². The van der Waals surface area contributed by atoms with Gasteiger partial charge in [-0.05, 0) is 38.1 Å². The van der Waals surface area contributed by atoms with Gasteiger partial charge in [-0.3, -0.25) is 4.79 Å². The zero-order chi connectivity index (χ0) is 21.0. The first kappa shape index (κ1) is 21.5. The van der Waals surface area contributed by atoms with Crippen LogP contribution in [0.25, 0.3) is 11.4 Å². The first-order chi connectivity index (χ1) is 14.0. The molecule has 9 heteroatoms. The van der Waals surface area contributed by atoms with Crippen molar-refractivity contribution in [3.8, 4) is 17.1 Å². The Kier molecular flexibility index (Phi) is 7.05. The van der Waals surface area contributed by atoms with Crippen LogP contribution in [-0.4, -0.2) is 33.0 Å². The highest BCUT2D eigenvalue weighted by Crippen LogP contribution is 2.33. The van der Waals surface area contributed by atoms with Crippen molar-refractivity contribution in [1.29, 1.82) is 0 Å². The second kappa shape index (κ2) is 9.52. The van der Waals surface area contributed by atoms with E-state index in [1.807, 2.05) is 35.8 Å². The van der Waals surface area contributed by atoms with E-state index >= 15 is 0 Å². The molecule has 1 heterocycles. The Balaban J connectivity index is 1.80. The summed E-state index contributed by atoms with van der Waals surface area (Å²) in [6.45, 7) is 4.45. The number of thioether (sulfide) groups is 1. The van der Waals surface area contributed by atoms with E-state index < -0.39 is 5.25 Å². The molecule has 0 fully saturated rings. The number of para-hydroxylation sites is 1. The van der Waals surface area contributed by atoms with E-state index in [0.29, 0.717) is 39.0 Å². The Morgan fingerprint density at radius 3 is 2.69 bits per heavy atom. The maximum Gasteiger partial charge on any atom is 0.237 e. The smallest absolute Gasteiger partial charge is 0.237 e. The molecule has 152 valence electrons. The summed E-state index contributed by atoms with van der Waals surface area (Å²) >= 11 is 13.5. The largest absolute Gasteiger partial charge is 0.496 e. The second-order valence-electron chi connectivity index (χ2n) is 6.10. The molecule has 3 rings (SSSR count). The van der Waals surface area contributed by atoms with Gasteiger partial charge in [-0.15, -0.1) is 10.2 Å². The molecule has 0 bridgehead atoms. The lowest BCUT2D eigenvalue weighted by molar-refractivity contribution is -0.115. The van der Waals surface area contributed by atoms with Gasteiger partial charge in [0.25, 0.3) is 0 Å². The van der Waals surface area contributed by atoms with Crippen LogP contribution < -0.4 is 10.1 Å². The first-order valence-electron chi connectivity index (χ1n) is 8.94. The summed E-state index contributed by atoms with van der Waals surface area (Å²) in [6, 6.07) is 12.7. The minimum absolute atomic E-state index is 0.205. The number of rotatable bonds is 7. The third-order valence-electron chi connectivity index (χ3n) is 4.24. The maximum absolute atomic E-state index is 12.6. The number of carbonyl (C=O) groups is 1. The molecular formula is C20H20Cl2N4O2S. The summed E-state index contributed by atoms with van der Waals surface area (Å²) < 4.78 is 7.40. The molecule has 1 unspecified atom stereocenters. The molecule has 3 aromatic rings. The number of nitrogens with zero attached hydrogens (tertiary/aromatic N) is 3. The summed E-state index contributed by atoms with van der Waals surface area (Å²) in [5.74, 6) is 1.20. The number of anilines is 1. The predicted octanol–water partition coefficient (Wildman–Crippen LogP) is 5.40. The van der Waals surface area contributed by atoms with Crippen molar-refractivity contribution in [3.63, 3.8) is 0 Å². The summed E-state index contributed by atoms with van der Waals surface area (Å²) in [7, 11) is 1.62. The first-order valence-corrected chi connectivity index (χ1v) is 10.6. The summed E-state index contributed by atoms with van der Waals surface area (Å²) in [5.41, 5.74) is 1.32. The normalized spacial score (nSPS) is 11.9. The molecular weight excluding hydrogens is 431 g/mol. The molecule has 6 nitrogen and oxygen atoms in total. The number of hydrogen-bond acceptors (Lipinski definition) is 5. The van der Waals surface area contributed by atoms with Crippen LogP contribution in [0.2, 0.25) is 10.0 Å². The standard InChI is InChI=1S/C20H20Cl2N4O2S/c1-4-26-18(13-8-5-6-11-16(13)28-3)24-25-20(26)29-12(2)19(27)23-15-10-7-9-14(21)17(15)22/h5-12H,4H2,1-3H3,(H,23,27). The van der Waals surface area contributed by atoms with Gasteiger partial charge in [0.05, 0.1) is 33.7 Å². The molecule has 0 spiro atoms. The number of ether oxygens (including phenoxy) is 1. The third kappa shape index (κ3) is 4.69. The summed E-state index contributed by atoms with van der Waals surface area (Å²) in [4.78, 5) is 12.6. The molecule has 2 aromatic carbocycles. The van der Waals surface area contributed by atoms with E-state index in [0.717, 1.165) is 5.56 Å². The number of hydrogen-bond donors (Lipinski definition) is 1. The Bertz CT molecular complexity index is 1030. The quantitative estimate of drug-likeness (QED) is 0.487. The van der Waals surface area contributed by atoms with Crippen molar-refractivity contribution in [1.82, 2.24) is 14.8 Å². The number of aromatic nitrogens is 3. The minimum atomic E-state index is -0.426. The van der Waals surface area contributed by atoms with Crippen molar-refractivity contribution >= 4 is 46.6 Å². The molecule has 1 amide bonds. The van der Waals surface area contributed by atoms with E-state index in [2.05, 4.69) is 15.5 Å². The Morgan fingerprint density at radius 1 is 1.21 bits per heavy atom. The summed E-state index contributed by atoms with van der Waals surface area (Å²) in [6.07, 6.45) is 0. The monoisotopic (exact) mass is 450 g/mol. The number of halogens is 2. The molecule has 29 heavy (non-hydrogen) atoms. The predicted molar refractivity (Wildman–Crippen MR) is 118 cm³/mol. The van der Waals surface area contributed by atoms with Crippen LogP contribution >= 0.6 is 35.0 Å². The fraction of sp³-hybridized carbons (Fsp3) is 0.250.